The molecule has 1 unspecified atom stereocenters. The summed E-state index contributed by atoms with van der Waals surface area (Å²) in [7, 11) is 0. The normalized spacial score (nSPS) is 26.1. The Kier molecular flexibility index (Phi) is 4.20. The van der Waals surface area contributed by atoms with E-state index in [-0.39, 0.29) is 0 Å². The molecule has 1 fully saturated rings. The Morgan fingerprint density at radius 1 is 1.15 bits per heavy atom. The first kappa shape index (κ1) is 11.0. The summed E-state index contributed by atoms with van der Waals surface area (Å²) in [4.78, 5) is 0. The van der Waals surface area contributed by atoms with Crippen LogP contribution in [0.5, 0.6) is 0 Å². The van der Waals surface area contributed by atoms with Crippen LogP contribution in [0.1, 0.15) is 58.3 Å². The van der Waals surface area contributed by atoms with Crippen LogP contribution in [0.25, 0.3) is 0 Å². The van der Waals surface area contributed by atoms with Gasteiger partial charge in [0, 0.05) is 0 Å². The summed E-state index contributed by atoms with van der Waals surface area (Å²) in [6.45, 7) is 1.71. The molecule has 1 atom stereocenters. The Morgan fingerprint density at radius 3 is 2.08 bits per heavy atom. The quantitative estimate of drug-likeness (QED) is 0.649. The largest absolute Gasteiger partial charge is 0.376 e. The zero-order valence-corrected chi connectivity index (χ0v) is 8.76. The van der Waals surface area contributed by atoms with E-state index in [1.54, 1.807) is 6.92 Å². The van der Waals surface area contributed by atoms with Gasteiger partial charge >= 0.3 is 0 Å². The molecule has 1 rings (SSSR count). The summed E-state index contributed by atoms with van der Waals surface area (Å²) in [6.07, 6.45) is 10.0. The zero-order chi connectivity index (χ0) is 9.73. The molecule has 0 radical (unpaired) electrons. The van der Waals surface area contributed by atoms with Gasteiger partial charge in [0.25, 0.3) is 0 Å². The second-order valence-corrected chi connectivity index (χ2v) is 4.77. The highest BCUT2D eigenvalue weighted by Crippen LogP contribution is 2.27. The van der Waals surface area contributed by atoms with Crippen molar-refractivity contribution < 1.29 is 5.11 Å². The number of rotatable bonds is 2. The first-order valence-corrected chi connectivity index (χ1v) is 5.59. The lowest BCUT2D eigenvalue weighted by molar-refractivity contribution is 0.0357. The molecular formula is C11H23NO. The molecule has 0 aromatic heterocycles. The van der Waals surface area contributed by atoms with E-state index < -0.39 is 5.72 Å². The fourth-order valence-electron chi connectivity index (χ4n) is 2.33. The molecule has 78 valence electrons. The zero-order valence-electron chi connectivity index (χ0n) is 8.76. The minimum atomic E-state index is -0.955. The molecule has 0 aliphatic heterocycles. The van der Waals surface area contributed by atoms with Gasteiger partial charge in [0.15, 0.2) is 0 Å². The molecule has 0 saturated heterocycles. The van der Waals surface area contributed by atoms with Crippen LogP contribution in [0.2, 0.25) is 0 Å². The fraction of sp³-hybridized carbons (Fsp3) is 1.00. The maximum absolute atomic E-state index is 9.51. The molecule has 1 aliphatic rings. The van der Waals surface area contributed by atoms with Crippen LogP contribution in [-0.2, 0) is 0 Å². The van der Waals surface area contributed by atoms with Crippen molar-refractivity contribution in [3.63, 3.8) is 0 Å². The Labute approximate surface area is 81.5 Å². The summed E-state index contributed by atoms with van der Waals surface area (Å²) in [5.74, 6) is 0.653. The van der Waals surface area contributed by atoms with Crippen molar-refractivity contribution >= 4 is 0 Å². The Bertz CT molecular complexity index is 132. The summed E-state index contributed by atoms with van der Waals surface area (Å²) in [6, 6.07) is 0. The third kappa shape index (κ3) is 5.27. The molecule has 1 saturated carbocycles. The van der Waals surface area contributed by atoms with Crippen molar-refractivity contribution in [1.29, 1.82) is 0 Å². The van der Waals surface area contributed by atoms with Gasteiger partial charge in [-0.2, -0.15) is 0 Å². The van der Waals surface area contributed by atoms with Crippen molar-refractivity contribution in [2.75, 3.05) is 0 Å². The molecule has 13 heavy (non-hydrogen) atoms. The molecule has 2 nitrogen and oxygen atoms in total. The van der Waals surface area contributed by atoms with Gasteiger partial charge in [-0.15, -0.1) is 0 Å². The highest BCUT2D eigenvalue weighted by atomic mass is 16.3. The SMILES string of the molecule is CC(N)(O)CC1CCCCCCC1. The van der Waals surface area contributed by atoms with Gasteiger partial charge in [-0.1, -0.05) is 44.9 Å². The maximum atomic E-state index is 9.51. The molecule has 0 amide bonds. The van der Waals surface area contributed by atoms with E-state index in [1.165, 1.54) is 44.9 Å². The van der Waals surface area contributed by atoms with Crippen LogP contribution in [0.4, 0.5) is 0 Å². The van der Waals surface area contributed by atoms with E-state index in [0.29, 0.717) is 5.92 Å². The number of hydrogen-bond donors (Lipinski definition) is 2. The van der Waals surface area contributed by atoms with Crippen molar-refractivity contribution in [2.24, 2.45) is 11.7 Å². The fourth-order valence-corrected chi connectivity index (χ4v) is 2.33. The average molecular weight is 185 g/mol. The molecule has 0 bridgehead atoms. The molecule has 0 aromatic rings. The second-order valence-electron chi connectivity index (χ2n) is 4.77. The smallest absolute Gasteiger partial charge is 0.110 e. The summed E-state index contributed by atoms with van der Waals surface area (Å²) >= 11 is 0. The number of aliphatic hydroxyl groups is 1. The molecule has 1 aliphatic carbocycles. The maximum Gasteiger partial charge on any atom is 0.110 e. The standard InChI is InChI=1S/C11H23NO/c1-11(12,13)9-10-7-5-3-2-4-6-8-10/h10,13H,2-9,12H2,1H3. The van der Waals surface area contributed by atoms with Crippen molar-refractivity contribution in [1.82, 2.24) is 0 Å². The lowest BCUT2D eigenvalue weighted by Crippen LogP contribution is -2.37. The molecule has 0 spiro atoms. The molecule has 0 aromatic carbocycles. The third-order valence-electron chi connectivity index (χ3n) is 2.93. The Morgan fingerprint density at radius 2 is 1.62 bits per heavy atom. The first-order valence-electron chi connectivity index (χ1n) is 5.59. The second kappa shape index (κ2) is 4.97. The molecular weight excluding hydrogens is 162 g/mol. The first-order chi connectivity index (χ1) is 6.08. The lowest BCUT2D eigenvalue weighted by Gasteiger charge is -2.26. The van der Waals surface area contributed by atoms with Gasteiger partial charge in [-0.3, -0.25) is 0 Å². The third-order valence-corrected chi connectivity index (χ3v) is 2.93. The van der Waals surface area contributed by atoms with Crippen LogP contribution in [0.15, 0.2) is 0 Å². The van der Waals surface area contributed by atoms with E-state index in [2.05, 4.69) is 0 Å². The van der Waals surface area contributed by atoms with Crippen LogP contribution >= 0.6 is 0 Å². The van der Waals surface area contributed by atoms with Crippen LogP contribution in [0, 0.1) is 5.92 Å². The number of hydrogen-bond acceptors (Lipinski definition) is 2. The van der Waals surface area contributed by atoms with Crippen molar-refractivity contribution in [2.45, 2.75) is 64.0 Å². The van der Waals surface area contributed by atoms with E-state index in [4.69, 9.17) is 5.73 Å². The highest BCUT2D eigenvalue weighted by Gasteiger charge is 2.20. The van der Waals surface area contributed by atoms with Gasteiger partial charge in [0.05, 0.1) is 0 Å². The van der Waals surface area contributed by atoms with Crippen LogP contribution < -0.4 is 5.73 Å². The van der Waals surface area contributed by atoms with Gasteiger partial charge in [-0.05, 0) is 19.3 Å². The van der Waals surface area contributed by atoms with Crippen LogP contribution in [-0.4, -0.2) is 10.8 Å². The molecule has 2 heteroatoms. The highest BCUT2D eigenvalue weighted by molar-refractivity contribution is 4.72. The average Bonchev–Trinajstić information content (AvgIpc) is 1.92. The van der Waals surface area contributed by atoms with Gasteiger partial charge in [-0.25, -0.2) is 0 Å². The Balaban J connectivity index is 2.29. The minimum Gasteiger partial charge on any atom is -0.376 e. The van der Waals surface area contributed by atoms with E-state index in [1.807, 2.05) is 0 Å². The lowest BCUT2D eigenvalue weighted by atomic mass is 9.86. The predicted molar refractivity (Wildman–Crippen MR) is 55.2 cm³/mol. The van der Waals surface area contributed by atoms with Crippen molar-refractivity contribution in [3.05, 3.63) is 0 Å². The topological polar surface area (TPSA) is 46.2 Å². The van der Waals surface area contributed by atoms with E-state index >= 15 is 0 Å². The Hall–Kier alpha value is -0.0800. The van der Waals surface area contributed by atoms with E-state index in [9.17, 15) is 5.11 Å². The molecule has 3 N–H and O–H groups in total. The monoisotopic (exact) mass is 185 g/mol. The van der Waals surface area contributed by atoms with E-state index in [0.717, 1.165) is 6.42 Å². The minimum absolute atomic E-state index is 0.653. The number of nitrogens with two attached hydrogens (primary N) is 1. The summed E-state index contributed by atoms with van der Waals surface area (Å²) in [5.41, 5.74) is 4.66. The van der Waals surface area contributed by atoms with Crippen LogP contribution in [0.3, 0.4) is 0 Å². The predicted octanol–water partition coefficient (Wildman–Crippen LogP) is 2.40. The van der Waals surface area contributed by atoms with Crippen molar-refractivity contribution in [3.8, 4) is 0 Å². The summed E-state index contributed by atoms with van der Waals surface area (Å²) < 4.78 is 0. The summed E-state index contributed by atoms with van der Waals surface area (Å²) in [5, 5.41) is 9.51. The molecule has 0 heterocycles. The van der Waals surface area contributed by atoms with Gasteiger partial charge < -0.3 is 10.8 Å². The van der Waals surface area contributed by atoms with Gasteiger partial charge in [0.1, 0.15) is 5.72 Å². The van der Waals surface area contributed by atoms with Gasteiger partial charge in [0.2, 0.25) is 0 Å².